The third-order valence-electron chi connectivity index (χ3n) is 11.1. The maximum Gasteiger partial charge on any atom is 0.410 e. The van der Waals surface area contributed by atoms with E-state index >= 15 is 0 Å². The Morgan fingerprint density at radius 3 is 2.23 bits per heavy atom. The number of Topliss-reactive ketones (excluding diaryl/α,β-unsaturated/α-hetero) is 4. The largest absolute Gasteiger partial charge is 0.444 e. The molecule has 2 heterocycles. The predicted octanol–water partition coefficient (Wildman–Crippen LogP) is 5.18. The van der Waals surface area contributed by atoms with Crippen LogP contribution in [0.25, 0.3) is 0 Å². The first-order chi connectivity index (χ1) is 25.1. The highest BCUT2D eigenvalue weighted by atomic mass is 16.6. The molecule has 0 spiro atoms. The molecule has 1 aromatic carbocycles. The van der Waals surface area contributed by atoms with Crippen molar-refractivity contribution in [3.05, 3.63) is 35.4 Å². The fraction of sp³-hybridized carbons (Fsp3) is 0.683. The Hall–Kier alpha value is -4.09. The molecule has 12 heteroatoms. The Bertz CT molecular complexity index is 1580. The summed E-state index contributed by atoms with van der Waals surface area (Å²) in [6.07, 6.45) is 3.74. The first-order valence-corrected chi connectivity index (χ1v) is 19.6. The first-order valence-electron chi connectivity index (χ1n) is 19.6. The van der Waals surface area contributed by atoms with Crippen LogP contribution in [0.15, 0.2) is 24.3 Å². The average Bonchev–Trinajstić information content (AvgIpc) is 4.06. The van der Waals surface area contributed by atoms with Crippen molar-refractivity contribution in [2.24, 2.45) is 29.1 Å². The maximum absolute atomic E-state index is 14.6. The van der Waals surface area contributed by atoms with Crippen LogP contribution in [0, 0.1) is 29.1 Å². The second kappa shape index (κ2) is 16.9. The molecule has 290 valence electrons. The highest BCUT2D eigenvalue weighted by Crippen LogP contribution is 2.35. The SMILES string of the molecule is CCCC(CC(=O)[C@@H]1C[C@@H](OC(=O)N2CCc3ccccc3C2)CN1C(=O)[C@@H](NC(=O)N[C@H](C(=O)C1CC1)C(C)C)C(C)(C)C)C(=O)C(=O)CC1CC1. The molecular weight excluding hydrogens is 676 g/mol. The van der Waals surface area contributed by atoms with Gasteiger partial charge in [0.1, 0.15) is 12.1 Å². The number of fused-ring (bicyclic) bond motifs is 1. The van der Waals surface area contributed by atoms with Gasteiger partial charge in [-0.25, -0.2) is 9.59 Å². The van der Waals surface area contributed by atoms with Crippen LogP contribution in [0.2, 0.25) is 0 Å². The molecule has 5 atom stereocenters. The minimum absolute atomic E-state index is 0.0207. The van der Waals surface area contributed by atoms with Gasteiger partial charge in [-0.3, -0.25) is 24.0 Å². The van der Waals surface area contributed by atoms with Crippen molar-refractivity contribution in [3.8, 4) is 0 Å². The van der Waals surface area contributed by atoms with Crippen LogP contribution in [-0.4, -0.2) is 88.3 Å². The molecular formula is C41H58N4O8. The Labute approximate surface area is 313 Å². The fourth-order valence-corrected chi connectivity index (χ4v) is 7.58. The van der Waals surface area contributed by atoms with Crippen molar-refractivity contribution in [1.29, 1.82) is 0 Å². The number of rotatable bonds is 16. The van der Waals surface area contributed by atoms with E-state index in [0.717, 1.165) is 31.2 Å². The van der Waals surface area contributed by atoms with Gasteiger partial charge in [-0.2, -0.15) is 0 Å². The number of carbonyl (C=O) groups is 7. The van der Waals surface area contributed by atoms with Crippen molar-refractivity contribution in [2.75, 3.05) is 13.1 Å². The Morgan fingerprint density at radius 2 is 1.62 bits per heavy atom. The third-order valence-corrected chi connectivity index (χ3v) is 11.1. The fourth-order valence-electron chi connectivity index (χ4n) is 7.58. The number of urea groups is 1. The average molecular weight is 735 g/mol. The van der Waals surface area contributed by atoms with Gasteiger partial charge in [0.15, 0.2) is 17.3 Å². The summed E-state index contributed by atoms with van der Waals surface area (Å²) in [7, 11) is 0. The minimum atomic E-state index is -1.11. The van der Waals surface area contributed by atoms with Gasteiger partial charge in [0.2, 0.25) is 11.7 Å². The molecule has 1 saturated heterocycles. The molecule has 0 aromatic heterocycles. The summed E-state index contributed by atoms with van der Waals surface area (Å²) in [6, 6.07) is 4.39. The zero-order valence-electron chi connectivity index (χ0n) is 32.3. The van der Waals surface area contributed by atoms with Crippen LogP contribution < -0.4 is 10.6 Å². The third kappa shape index (κ3) is 10.3. The lowest BCUT2D eigenvalue weighted by Gasteiger charge is -2.36. The first kappa shape index (κ1) is 40.1. The van der Waals surface area contributed by atoms with E-state index in [1.165, 1.54) is 10.5 Å². The van der Waals surface area contributed by atoms with E-state index in [0.29, 0.717) is 32.4 Å². The molecule has 12 nitrogen and oxygen atoms in total. The number of nitrogens with zero attached hydrogens (tertiary/aromatic N) is 2. The van der Waals surface area contributed by atoms with E-state index in [2.05, 4.69) is 10.6 Å². The van der Waals surface area contributed by atoms with Gasteiger partial charge in [0.05, 0.1) is 18.6 Å². The molecule has 3 fully saturated rings. The molecule has 4 amide bonds. The summed E-state index contributed by atoms with van der Waals surface area (Å²) >= 11 is 0. The number of hydrogen-bond acceptors (Lipinski definition) is 8. The molecule has 2 saturated carbocycles. The summed E-state index contributed by atoms with van der Waals surface area (Å²) in [6.45, 7) is 11.8. The number of hydrogen-bond donors (Lipinski definition) is 2. The van der Waals surface area contributed by atoms with E-state index in [9.17, 15) is 33.6 Å². The smallest absolute Gasteiger partial charge is 0.410 e. The van der Waals surface area contributed by atoms with Gasteiger partial charge >= 0.3 is 12.1 Å². The van der Waals surface area contributed by atoms with E-state index in [1.807, 2.05) is 45.0 Å². The van der Waals surface area contributed by atoms with E-state index in [-0.39, 0.29) is 55.1 Å². The Balaban J connectivity index is 1.34. The number of nitrogens with one attached hydrogen (secondary N) is 2. The molecule has 0 radical (unpaired) electrons. The van der Waals surface area contributed by atoms with Crippen molar-refractivity contribution in [1.82, 2.24) is 20.4 Å². The van der Waals surface area contributed by atoms with E-state index < -0.39 is 65.2 Å². The summed E-state index contributed by atoms with van der Waals surface area (Å²) in [5, 5.41) is 5.61. The number of benzene rings is 1. The second-order valence-corrected chi connectivity index (χ2v) is 17.1. The molecule has 2 aliphatic carbocycles. The van der Waals surface area contributed by atoms with Crippen molar-refractivity contribution in [3.63, 3.8) is 0 Å². The Morgan fingerprint density at radius 1 is 0.943 bits per heavy atom. The van der Waals surface area contributed by atoms with Gasteiger partial charge in [-0.1, -0.05) is 72.2 Å². The number of ether oxygens (including phenoxy) is 1. The minimum Gasteiger partial charge on any atom is -0.444 e. The molecule has 1 aromatic rings. The molecule has 0 bridgehead atoms. The monoisotopic (exact) mass is 734 g/mol. The normalized spacial score (nSPS) is 21.6. The molecule has 2 N–H and O–H groups in total. The Kier molecular flexibility index (Phi) is 12.8. The van der Waals surface area contributed by atoms with Crippen LogP contribution in [-0.2, 0) is 41.7 Å². The van der Waals surface area contributed by atoms with Crippen molar-refractivity contribution >= 4 is 41.2 Å². The van der Waals surface area contributed by atoms with Crippen LogP contribution in [0.1, 0.15) is 110 Å². The van der Waals surface area contributed by atoms with Gasteiger partial charge in [0, 0.05) is 44.2 Å². The van der Waals surface area contributed by atoms with Crippen LogP contribution in [0.4, 0.5) is 9.59 Å². The summed E-state index contributed by atoms with van der Waals surface area (Å²) < 4.78 is 5.98. The number of carbonyl (C=O) groups excluding carboxylic acids is 7. The molecule has 2 aliphatic heterocycles. The predicted molar refractivity (Wildman–Crippen MR) is 198 cm³/mol. The van der Waals surface area contributed by atoms with Crippen LogP contribution >= 0.6 is 0 Å². The van der Waals surface area contributed by atoms with Gasteiger partial charge in [0.25, 0.3) is 0 Å². The lowest BCUT2D eigenvalue weighted by Crippen LogP contribution is -2.60. The number of ketones is 4. The quantitative estimate of drug-likeness (QED) is 0.220. The zero-order chi connectivity index (χ0) is 38.6. The lowest BCUT2D eigenvalue weighted by atomic mass is 9.85. The van der Waals surface area contributed by atoms with Crippen molar-refractivity contribution < 1.29 is 38.3 Å². The maximum atomic E-state index is 14.6. The van der Waals surface area contributed by atoms with E-state index in [1.54, 1.807) is 25.7 Å². The van der Waals surface area contributed by atoms with Crippen LogP contribution in [0.5, 0.6) is 0 Å². The second-order valence-electron chi connectivity index (χ2n) is 17.1. The molecule has 1 unspecified atom stereocenters. The number of likely N-dealkylation sites (tertiary alicyclic amines) is 1. The summed E-state index contributed by atoms with van der Waals surface area (Å²) in [5.41, 5.74) is 1.39. The van der Waals surface area contributed by atoms with Gasteiger partial charge < -0.3 is 25.2 Å². The molecule has 53 heavy (non-hydrogen) atoms. The topological polar surface area (TPSA) is 159 Å². The standard InChI is InChI=1S/C41H58N4O8/c1-7-10-28(35(48)33(47)19-25-13-14-25)20-32(46)31-21-30(53-40(52)44-18-17-26-11-8-9-12-29(26)22-44)23-45(31)38(50)37(41(4,5)6)43-39(51)42-34(24(2)3)36(49)27-15-16-27/h8-9,11-12,24-25,27-28,30-31,34,37H,7,10,13-23H2,1-6H3,(H2,42,43,51)/t28?,30-,31+,34+,37-/m1/s1. The molecule has 5 rings (SSSR count). The van der Waals surface area contributed by atoms with E-state index in [4.69, 9.17) is 4.74 Å². The highest BCUT2D eigenvalue weighted by Gasteiger charge is 2.47. The zero-order valence-corrected chi connectivity index (χ0v) is 32.3. The number of amides is 4. The van der Waals surface area contributed by atoms with Crippen LogP contribution in [0.3, 0.4) is 0 Å². The lowest BCUT2D eigenvalue weighted by molar-refractivity contribution is -0.143. The van der Waals surface area contributed by atoms with Gasteiger partial charge in [-0.15, -0.1) is 0 Å². The highest BCUT2D eigenvalue weighted by molar-refractivity contribution is 6.38. The molecule has 4 aliphatic rings. The summed E-state index contributed by atoms with van der Waals surface area (Å²) in [5.74, 6) is -2.71. The summed E-state index contributed by atoms with van der Waals surface area (Å²) in [4.78, 5) is 97.8. The van der Waals surface area contributed by atoms with Gasteiger partial charge in [-0.05, 0) is 66.9 Å². The van der Waals surface area contributed by atoms with Crippen molar-refractivity contribution in [2.45, 2.75) is 137 Å².